The fourth-order valence-corrected chi connectivity index (χ4v) is 3.20. The van der Waals surface area contributed by atoms with Crippen molar-refractivity contribution in [1.29, 1.82) is 0 Å². The SMILES string of the molecule is CNC(C)(C)CN(C=O)c1cc(C)n2ncc(C(=O)NC(C3CC3)C(F)(F)F)c2n1. The minimum absolute atomic E-state index is 0.0754. The minimum Gasteiger partial charge on any atom is -0.340 e. The van der Waals surface area contributed by atoms with Crippen molar-refractivity contribution in [2.24, 2.45) is 5.92 Å². The Hall–Kier alpha value is -2.69. The lowest BCUT2D eigenvalue weighted by molar-refractivity contribution is -0.158. The maximum absolute atomic E-state index is 13.3. The van der Waals surface area contributed by atoms with Crippen LogP contribution in [0.25, 0.3) is 5.65 Å². The van der Waals surface area contributed by atoms with Gasteiger partial charge in [0.25, 0.3) is 5.91 Å². The van der Waals surface area contributed by atoms with Gasteiger partial charge in [0.1, 0.15) is 17.4 Å². The molecule has 2 heterocycles. The minimum atomic E-state index is -4.53. The molecule has 2 aromatic rings. The van der Waals surface area contributed by atoms with E-state index in [1.165, 1.54) is 15.6 Å². The number of nitrogens with one attached hydrogen (secondary N) is 2. The second-order valence-electron chi connectivity index (χ2n) is 8.25. The average Bonchev–Trinajstić information content (AvgIpc) is 3.40. The Morgan fingerprint density at radius 3 is 2.60 bits per heavy atom. The molecule has 1 saturated carbocycles. The smallest absolute Gasteiger partial charge is 0.340 e. The highest BCUT2D eigenvalue weighted by molar-refractivity contribution is 6.00. The summed E-state index contributed by atoms with van der Waals surface area (Å²) in [5.41, 5.74) is 0.187. The monoisotopic (exact) mass is 426 g/mol. The lowest BCUT2D eigenvalue weighted by Gasteiger charge is -2.29. The molecule has 3 rings (SSSR count). The molecule has 2 aromatic heterocycles. The van der Waals surface area contributed by atoms with Gasteiger partial charge < -0.3 is 10.6 Å². The lowest BCUT2D eigenvalue weighted by Crippen LogP contribution is -2.47. The van der Waals surface area contributed by atoms with Crippen molar-refractivity contribution in [3.05, 3.63) is 23.5 Å². The lowest BCUT2D eigenvalue weighted by atomic mass is 10.1. The summed E-state index contributed by atoms with van der Waals surface area (Å²) in [6, 6.07) is -0.267. The van der Waals surface area contributed by atoms with Gasteiger partial charge in [0.05, 0.1) is 6.20 Å². The number of likely N-dealkylation sites (N-methyl/N-ethyl adjacent to an activating group) is 1. The molecule has 164 valence electrons. The van der Waals surface area contributed by atoms with E-state index >= 15 is 0 Å². The van der Waals surface area contributed by atoms with E-state index in [1.54, 1.807) is 20.0 Å². The fraction of sp³-hybridized carbons (Fsp3) is 0.579. The molecular formula is C19H25F3N6O2. The van der Waals surface area contributed by atoms with Crippen molar-refractivity contribution in [2.45, 2.75) is 51.4 Å². The van der Waals surface area contributed by atoms with Crippen LogP contribution in [0, 0.1) is 12.8 Å². The first kappa shape index (κ1) is 22.0. The third kappa shape index (κ3) is 4.55. The number of anilines is 1. The van der Waals surface area contributed by atoms with Gasteiger partial charge in [0.15, 0.2) is 5.65 Å². The number of aryl methyl sites for hydroxylation is 1. The maximum atomic E-state index is 13.3. The van der Waals surface area contributed by atoms with Gasteiger partial charge >= 0.3 is 6.18 Å². The number of hydrogen-bond donors (Lipinski definition) is 2. The summed E-state index contributed by atoms with van der Waals surface area (Å²) in [6.45, 7) is 5.81. The number of carbonyl (C=O) groups is 2. The highest BCUT2D eigenvalue weighted by atomic mass is 19.4. The Balaban J connectivity index is 1.95. The number of carbonyl (C=O) groups excluding carboxylic acids is 2. The van der Waals surface area contributed by atoms with Crippen molar-refractivity contribution >= 4 is 23.8 Å². The van der Waals surface area contributed by atoms with Crippen LogP contribution in [-0.2, 0) is 4.79 Å². The number of hydrogen-bond acceptors (Lipinski definition) is 5. The summed E-state index contributed by atoms with van der Waals surface area (Å²) in [6.07, 6.45) is -1.86. The average molecular weight is 426 g/mol. The maximum Gasteiger partial charge on any atom is 0.408 e. The Bertz CT molecular complexity index is 952. The van der Waals surface area contributed by atoms with Crippen molar-refractivity contribution in [3.63, 3.8) is 0 Å². The molecule has 0 aromatic carbocycles. The summed E-state index contributed by atoms with van der Waals surface area (Å²) >= 11 is 0. The Labute approximate surface area is 171 Å². The van der Waals surface area contributed by atoms with Crippen molar-refractivity contribution in [3.8, 4) is 0 Å². The first-order valence-electron chi connectivity index (χ1n) is 9.60. The van der Waals surface area contributed by atoms with Gasteiger partial charge in [0.2, 0.25) is 6.41 Å². The molecule has 11 heteroatoms. The van der Waals surface area contributed by atoms with Crippen LogP contribution < -0.4 is 15.5 Å². The zero-order chi connectivity index (χ0) is 22.3. The molecular weight excluding hydrogens is 401 g/mol. The van der Waals surface area contributed by atoms with E-state index in [-0.39, 0.29) is 17.0 Å². The standard InChI is InChI=1S/C19H25F3N6O2/c1-11-7-14(27(10-29)9-18(2,3)23-4)25-16-13(8-24-28(11)16)17(30)26-15(12-5-6-12)19(20,21)22/h7-8,10,12,15,23H,5-6,9H2,1-4H3,(H,26,30). The zero-order valence-electron chi connectivity index (χ0n) is 17.2. The summed E-state index contributed by atoms with van der Waals surface area (Å²) < 4.78 is 41.3. The van der Waals surface area contributed by atoms with Crippen LogP contribution in [0.3, 0.4) is 0 Å². The third-order valence-corrected chi connectivity index (χ3v) is 5.28. The number of fused-ring (bicyclic) bond motifs is 1. The number of alkyl halides is 3. The predicted octanol–water partition coefficient (Wildman–Crippen LogP) is 2.07. The molecule has 8 nitrogen and oxygen atoms in total. The molecule has 0 saturated heterocycles. The van der Waals surface area contributed by atoms with Crippen LogP contribution in [0.1, 0.15) is 42.7 Å². The molecule has 2 N–H and O–H groups in total. The molecule has 2 amide bonds. The van der Waals surface area contributed by atoms with E-state index < -0.39 is 29.6 Å². The molecule has 1 atom stereocenters. The summed E-state index contributed by atoms with van der Waals surface area (Å²) in [5, 5.41) is 9.26. The number of nitrogens with zero attached hydrogens (tertiary/aromatic N) is 4. The quantitative estimate of drug-likeness (QED) is 0.631. The van der Waals surface area contributed by atoms with Gasteiger partial charge in [-0.1, -0.05) is 0 Å². The first-order chi connectivity index (χ1) is 14.0. The highest BCUT2D eigenvalue weighted by Gasteiger charge is 2.49. The molecule has 30 heavy (non-hydrogen) atoms. The van der Waals surface area contributed by atoms with Gasteiger partial charge in [-0.25, -0.2) is 9.50 Å². The number of aromatic nitrogens is 3. The summed E-state index contributed by atoms with van der Waals surface area (Å²) in [7, 11) is 1.77. The van der Waals surface area contributed by atoms with E-state index in [2.05, 4.69) is 20.7 Å². The van der Waals surface area contributed by atoms with Crippen LogP contribution >= 0.6 is 0 Å². The zero-order valence-corrected chi connectivity index (χ0v) is 17.2. The van der Waals surface area contributed by atoms with Gasteiger partial charge in [-0.3, -0.25) is 14.5 Å². The molecule has 0 bridgehead atoms. The van der Waals surface area contributed by atoms with E-state index in [9.17, 15) is 22.8 Å². The van der Waals surface area contributed by atoms with Crippen LogP contribution in [-0.4, -0.2) is 58.3 Å². The Kier molecular flexibility index (Phi) is 5.76. The summed E-state index contributed by atoms with van der Waals surface area (Å²) in [5.74, 6) is -1.21. The van der Waals surface area contributed by atoms with Crippen molar-refractivity contribution in [2.75, 3.05) is 18.5 Å². The van der Waals surface area contributed by atoms with Gasteiger partial charge in [-0.05, 0) is 46.6 Å². The van der Waals surface area contributed by atoms with Crippen LogP contribution in [0.4, 0.5) is 19.0 Å². The molecule has 1 unspecified atom stereocenters. The van der Waals surface area contributed by atoms with E-state index in [1.807, 2.05) is 13.8 Å². The second-order valence-corrected chi connectivity index (χ2v) is 8.25. The van der Waals surface area contributed by atoms with E-state index in [4.69, 9.17) is 0 Å². The first-order valence-corrected chi connectivity index (χ1v) is 9.60. The second kappa shape index (κ2) is 7.86. The van der Waals surface area contributed by atoms with Crippen molar-refractivity contribution < 1.29 is 22.8 Å². The van der Waals surface area contributed by atoms with Crippen LogP contribution in [0.15, 0.2) is 12.3 Å². The largest absolute Gasteiger partial charge is 0.408 e. The number of halogens is 3. The van der Waals surface area contributed by atoms with Gasteiger partial charge in [-0.2, -0.15) is 18.3 Å². The number of rotatable bonds is 8. The van der Waals surface area contributed by atoms with E-state index in [0.717, 1.165) is 0 Å². The molecule has 1 aliphatic carbocycles. The molecule has 0 radical (unpaired) electrons. The molecule has 0 aliphatic heterocycles. The third-order valence-electron chi connectivity index (χ3n) is 5.28. The predicted molar refractivity (Wildman–Crippen MR) is 104 cm³/mol. The van der Waals surface area contributed by atoms with Crippen LogP contribution in [0.2, 0.25) is 0 Å². The van der Waals surface area contributed by atoms with Crippen molar-refractivity contribution in [1.82, 2.24) is 25.2 Å². The Morgan fingerprint density at radius 1 is 1.40 bits per heavy atom. The highest BCUT2D eigenvalue weighted by Crippen LogP contribution is 2.40. The molecule has 0 spiro atoms. The topological polar surface area (TPSA) is 91.6 Å². The molecule has 1 aliphatic rings. The van der Waals surface area contributed by atoms with Crippen LogP contribution in [0.5, 0.6) is 0 Å². The summed E-state index contributed by atoms with van der Waals surface area (Å²) in [4.78, 5) is 30.1. The normalized spacial score (nSPS) is 15.8. The Morgan fingerprint density at radius 2 is 2.07 bits per heavy atom. The van der Waals surface area contributed by atoms with Gasteiger partial charge in [-0.15, -0.1) is 0 Å². The number of amides is 2. The molecule has 1 fully saturated rings. The van der Waals surface area contributed by atoms with E-state index in [0.29, 0.717) is 31.5 Å². The van der Waals surface area contributed by atoms with Gasteiger partial charge in [0, 0.05) is 23.8 Å². The fourth-order valence-electron chi connectivity index (χ4n) is 3.20.